The third-order valence-corrected chi connectivity index (χ3v) is 6.32. The summed E-state index contributed by atoms with van der Waals surface area (Å²) in [4.78, 5) is 18.5. The lowest BCUT2D eigenvalue weighted by Gasteiger charge is -2.42. The fourth-order valence-corrected chi connectivity index (χ4v) is 4.39. The summed E-state index contributed by atoms with van der Waals surface area (Å²) < 4.78 is 5.95. The molecule has 5 rings (SSSR count). The molecule has 1 aliphatic rings. The summed E-state index contributed by atoms with van der Waals surface area (Å²) in [6, 6.07) is 18.6. The van der Waals surface area contributed by atoms with Gasteiger partial charge in [-0.3, -0.25) is 0 Å². The number of piperidine rings is 1. The van der Waals surface area contributed by atoms with Gasteiger partial charge in [0, 0.05) is 25.0 Å². The highest BCUT2D eigenvalue weighted by Gasteiger charge is 2.36. The maximum absolute atomic E-state index is 6.31. The predicted molar refractivity (Wildman–Crippen MR) is 121 cm³/mol. The maximum atomic E-state index is 6.31. The van der Waals surface area contributed by atoms with Crippen LogP contribution in [-0.2, 0) is 12.0 Å². The minimum absolute atomic E-state index is 0.0355. The van der Waals surface area contributed by atoms with Gasteiger partial charge in [-0.05, 0) is 36.1 Å². The highest BCUT2D eigenvalue weighted by molar-refractivity contribution is 5.82. The number of H-pyrrole nitrogens is 1. The van der Waals surface area contributed by atoms with Crippen LogP contribution in [0.2, 0.25) is 0 Å². The zero-order chi connectivity index (χ0) is 21.1. The van der Waals surface area contributed by atoms with Crippen molar-refractivity contribution in [2.45, 2.75) is 24.9 Å². The number of fused-ring (bicyclic) bond motifs is 1. The standard InChI is InChI=1S/C24H26N6O/c25-15-24(19-6-8-20(9-7-19)31-14-18-4-2-1-3-5-18)10-12-30(13-11-24)23-21-22(27-16-26-21)28-17-29-23/h1-9,16-17H,10-15,25H2,(H,26,27,28,29). The molecule has 2 aromatic heterocycles. The fraction of sp³-hybridized carbons (Fsp3) is 0.292. The minimum atomic E-state index is -0.0355. The smallest absolute Gasteiger partial charge is 0.162 e. The van der Waals surface area contributed by atoms with Gasteiger partial charge in [0.05, 0.1) is 6.33 Å². The zero-order valence-electron chi connectivity index (χ0n) is 17.4. The van der Waals surface area contributed by atoms with Crippen molar-refractivity contribution in [1.29, 1.82) is 0 Å². The van der Waals surface area contributed by atoms with Crippen molar-refractivity contribution in [1.82, 2.24) is 19.9 Å². The number of imidazole rings is 1. The van der Waals surface area contributed by atoms with Gasteiger partial charge >= 0.3 is 0 Å². The lowest BCUT2D eigenvalue weighted by atomic mass is 9.73. The molecule has 0 amide bonds. The Kier molecular flexibility index (Phi) is 5.26. The lowest BCUT2D eigenvalue weighted by molar-refractivity contribution is 0.305. The first-order valence-electron chi connectivity index (χ1n) is 10.6. The second kappa shape index (κ2) is 8.35. The number of ether oxygens (including phenoxy) is 1. The van der Waals surface area contributed by atoms with Gasteiger partial charge in [-0.15, -0.1) is 0 Å². The number of anilines is 1. The fourth-order valence-electron chi connectivity index (χ4n) is 4.39. The monoisotopic (exact) mass is 414 g/mol. The van der Waals surface area contributed by atoms with E-state index in [1.807, 2.05) is 18.2 Å². The molecule has 0 unspecified atom stereocenters. The van der Waals surface area contributed by atoms with Gasteiger partial charge in [0.25, 0.3) is 0 Å². The van der Waals surface area contributed by atoms with Crippen molar-refractivity contribution in [3.8, 4) is 5.75 Å². The van der Waals surface area contributed by atoms with Crippen molar-refractivity contribution in [2.75, 3.05) is 24.5 Å². The van der Waals surface area contributed by atoms with Crippen molar-refractivity contribution in [3.63, 3.8) is 0 Å². The first-order valence-corrected chi connectivity index (χ1v) is 10.6. The zero-order valence-corrected chi connectivity index (χ0v) is 17.4. The van der Waals surface area contributed by atoms with E-state index in [9.17, 15) is 0 Å². The summed E-state index contributed by atoms with van der Waals surface area (Å²) in [5.41, 5.74) is 10.3. The van der Waals surface area contributed by atoms with Crippen LogP contribution in [0.25, 0.3) is 11.2 Å². The molecular formula is C24H26N6O. The molecular weight excluding hydrogens is 388 g/mol. The molecule has 7 heteroatoms. The largest absolute Gasteiger partial charge is 0.489 e. The average Bonchev–Trinajstić information content (AvgIpc) is 3.33. The number of benzene rings is 2. The van der Waals surface area contributed by atoms with E-state index in [2.05, 4.69) is 61.2 Å². The number of hydrogen-bond donors (Lipinski definition) is 2. The second-order valence-corrected chi connectivity index (χ2v) is 8.07. The van der Waals surface area contributed by atoms with E-state index >= 15 is 0 Å². The number of aromatic nitrogens is 4. The molecule has 1 saturated heterocycles. The van der Waals surface area contributed by atoms with Gasteiger partial charge in [0.2, 0.25) is 0 Å². The van der Waals surface area contributed by atoms with Crippen LogP contribution in [0.4, 0.5) is 5.82 Å². The first-order chi connectivity index (χ1) is 15.3. The van der Waals surface area contributed by atoms with E-state index in [0.29, 0.717) is 13.2 Å². The Morgan fingerprint density at radius 2 is 1.74 bits per heavy atom. The highest BCUT2D eigenvalue weighted by Crippen LogP contribution is 2.37. The summed E-state index contributed by atoms with van der Waals surface area (Å²) in [5, 5.41) is 0. The number of aromatic amines is 1. The SMILES string of the molecule is NCC1(c2ccc(OCc3ccccc3)cc2)CCN(c2ncnc3[nH]cnc23)CC1. The molecule has 158 valence electrons. The van der Waals surface area contributed by atoms with Crippen LogP contribution in [-0.4, -0.2) is 39.6 Å². The molecule has 0 atom stereocenters. The van der Waals surface area contributed by atoms with Gasteiger partial charge in [0.1, 0.15) is 24.2 Å². The van der Waals surface area contributed by atoms with Crippen molar-refractivity contribution >= 4 is 17.0 Å². The molecule has 7 nitrogen and oxygen atoms in total. The Bertz CT molecular complexity index is 1130. The molecule has 0 aliphatic carbocycles. The van der Waals surface area contributed by atoms with Crippen LogP contribution in [0.15, 0.2) is 67.3 Å². The normalized spacial score (nSPS) is 15.8. The predicted octanol–water partition coefficient (Wildman–Crippen LogP) is 3.43. The summed E-state index contributed by atoms with van der Waals surface area (Å²) in [6.07, 6.45) is 5.18. The molecule has 3 heterocycles. The summed E-state index contributed by atoms with van der Waals surface area (Å²) in [5.74, 6) is 1.76. The van der Waals surface area contributed by atoms with Crippen molar-refractivity contribution in [3.05, 3.63) is 78.4 Å². The van der Waals surface area contributed by atoms with Crippen LogP contribution in [0, 0.1) is 0 Å². The highest BCUT2D eigenvalue weighted by atomic mass is 16.5. The summed E-state index contributed by atoms with van der Waals surface area (Å²) >= 11 is 0. The molecule has 0 radical (unpaired) electrons. The molecule has 31 heavy (non-hydrogen) atoms. The molecule has 0 spiro atoms. The van der Waals surface area contributed by atoms with E-state index in [1.165, 1.54) is 5.56 Å². The number of nitrogens with zero attached hydrogens (tertiary/aromatic N) is 4. The number of nitrogens with one attached hydrogen (secondary N) is 1. The Hall–Kier alpha value is -3.45. The van der Waals surface area contributed by atoms with E-state index in [-0.39, 0.29) is 5.41 Å². The summed E-state index contributed by atoms with van der Waals surface area (Å²) in [6.45, 7) is 2.94. The van der Waals surface area contributed by atoms with Crippen LogP contribution < -0.4 is 15.4 Å². The maximum Gasteiger partial charge on any atom is 0.162 e. The van der Waals surface area contributed by atoms with Gasteiger partial charge in [-0.1, -0.05) is 42.5 Å². The quantitative estimate of drug-likeness (QED) is 0.502. The molecule has 3 N–H and O–H groups in total. The van der Waals surface area contributed by atoms with E-state index in [0.717, 1.165) is 54.2 Å². The number of nitrogens with two attached hydrogens (primary N) is 1. The second-order valence-electron chi connectivity index (χ2n) is 8.07. The van der Waals surface area contributed by atoms with Gasteiger partial charge in [-0.2, -0.15) is 0 Å². The third kappa shape index (κ3) is 3.84. The average molecular weight is 415 g/mol. The molecule has 4 aromatic rings. The van der Waals surface area contributed by atoms with Crippen LogP contribution >= 0.6 is 0 Å². The van der Waals surface area contributed by atoms with E-state index in [1.54, 1.807) is 12.7 Å². The minimum Gasteiger partial charge on any atom is -0.489 e. The van der Waals surface area contributed by atoms with Gasteiger partial charge < -0.3 is 20.4 Å². The Morgan fingerprint density at radius 3 is 2.48 bits per heavy atom. The van der Waals surface area contributed by atoms with Crippen LogP contribution in [0.5, 0.6) is 5.75 Å². The Balaban J connectivity index is 1.28. The Morgan fingerprint density at radius 1 is 0.968 bits per heavy atom. The van der Waals surface area contributed by atoms with Crippen molar-refractivity contribution < 1.29 is 4.74 Å². The molecule has 1 fully saturated rings. The third-order valence-electron chi connectivity index (χ3n) is 6.32. The van der Waals surface area contributed by atoms with E-state index in [4.69, 9.17) is 10.5 Å². The van der Waals surface area contributed by atoms with Crippen LogP contribution in [0.3, 0.4) is 0 Å². The number of hydrogen-bond acceptors (Lipinski definition) is 6. The first kappa shape index (κ1) is 19.5. The molecule has 1 aliphatic heterocycles. The van der Waals surface area contributed by atoms with Gasteiger partial charge in [-0.25, -0.2) is 15.0 Å². The summed E-state index contributed by atoms with van der Waals surface area (Å²) in [7, 11) is 0. The van der Waals surface area contributed by atoms with Crippen LogP contribution in [0.1, 0.15) is 24.0 Å². The Labute approximate surface area is 181 Å². The van der Waals surface area contributed by atoms with Gasteiger partial charge in [0.15, 0.2) is 11.5 Å². The molecule has 0 bridgehead atoms. The topological polar surface area (TPSA) is 93.0 Å². The lowest BCUT2D eigenvalue weighted by Crippen LogP contribution is -2.47. The molecule has 0 saturated carbocycles. The van der Waals surface area contributed by atoms with Crippen molar-refractivity contribution in [2.24, 2.45) is 5.73 Å². The molecule has 2 aromatic carbocycles. The van der Waals surface area contributed by atoms with E-state index < -0.39 is 0 Å². The number of rotatable bonds is 6.